The van der Waals surface area contributed by atoms with E-state index in [4.69, 9.17) is 4.74 Å². The largest absolute Gasteiger partial charge is 0.377 e. The molecule has 0 spiro atoms. The van der Waals surface area contributed by atoms with Crippen LogP contribution in [0.15, 0.2) is 0 Å². The summed E-state index contributed by atoms with van der Waals surface area (Å²) in [5.41, 5.74) is 0. The molecule has 1 saturated carbocycles. The van der Waals surface area contributed by atoms with Crippen LogP contribution >= 0.6 is 0 Å². The minimum absolute atomic E-state index is 0.493. The summed E-state index contributed by atoms with van der Waals surface area (Å²) < 4.78 is 5.70. The maximum atomic E-state index is 5.70. The van der Waals surface area contributed by atoms with Crippen molar-refractivity contribution in [2.45, 2.75) is 63.1 Å². The van der Waals surface area contributed by atoms with E-state index in [9.17, 15) is 0 Å². The monoisotopic (exact) mass is 238 g/mol. The highest BCUT2D eigenvalue weighted by Crippen LogP contribution is 2.32. The topological polar surface area (TPSA) is 33.3 Å². The number of hydrogen-bond donors (Lipinski definition) is 2. The molecule has 2 aliphatic heterocycles. The molecule has 0 amide bonds. The molecule has 3 nitrogen and oxygen atoms in total. The maximum absolute atomic E-state index is 5.70. The van der Waals surface area contributed by atoms with Gasteiger partial charge < -0.3 is 15.4 Å². The zero-order chi connectivity index (χ0) is 11.5. The van der Waals surface area contributed by atoms with Gasteiger partial charge in [-0.05, 0) is 51.0 Å². The molecule has 3 aliphatic rings. The Kier molecular flexibility index (Phi) is 3.99. The lowest BCUT2D eigenvalue weighted by molar-refractivity contribution is 0.105. The maximum Gasteiger partial charge on any atom is 0.0700 e. The van der Waals surface area contributed by atoms with E-state index in [0.29, 0.717) is 6.10 Å². The average Bonchev–Trinajstić information content (AvgIpc) is 3.09. The number of ether oxygens (including phenoxy) is 1. The Hall–Kier alpha value is -0.120. The van der Waals surface area contributed by atoms with E-state index >= 15 is 0 Å². The molecule has 3 rings (SSSR count). The first-order valence-corrected chi connectivity index (χ1v) is 7.52. The molecule has 1 aliphatic carbocycles. The summed E-state index contributed by atoms with van der Waals surface area (Å²) in [7, 11) is 0. The third kappa shape index (κ3) is 2.83. The lowest BCUT2D eigenvalue weighted by Crippen LogP contribution is -2.44. The fourth-order valence-corrected chi connectivity index (χ4v) is 3.89. The predicted octanol–water partition coefficient (Wildman–Crippen LogP) is 1.68. The normalized spacial score (nSPS) is 42.4. The Morgan fingerprint density at radius 2 is 2.06 bits per heavy atom. The van der Waals surface area contributed by atoms with Gasteiger partial charge in [0.2, 0.25) is 0 Å². The molecule has 2 saturated heterocycles. The van der Waals surface area contributed by atoms with Crippen LogP contribution in [0, 0.1) is 5.92 Å². The van der Waals surface area contributed by atoms with E-state index < -0.39 is 0 Å². The zero-order valence-corrected chi connectivity index (χ0v) is 10.8. The first-order valence-electron chi connectivity index (χ1n) is 7.52. The molecular formula is C14H26N2O. The van der Waals surface area contributed by atoms with Crippen molar-refractivity contribution in [3.05, 3.63) is 0 Å². The van der Waals surface area contributed by atoms with Gasteiger partial charge in [0.1, 0.15) is 0 Å². The van der Waals surface area contributed by atoms with E-state index in [2.05, 4.69) is 10.6 Å². The van der Waals surface area contributed by atoms with Crippen molar-refractivity contribution in [2.24, 2.45) is 5.92 Å². The van der Waals surface area contributed by atoms with Gasteiger partial charge >= 0.3 is 0 Å². The second-order valence-electron chi connectivity index (χ2n) is 5.95. The molecule has 4 atom stereocenters. The van der Waals surface area contributed by atoms with Gasteiger partial charge in [-0.15, -0.1) is 0 Å². The average molecular weight is 238 g/mol. The third-order valence-corrected chi connectivity index (χ3v) is 4.82. The van der Waals surface area contributed by atoms with Crippen LogP contribution in [0.1, 0.15) is 44.9 Å². The van der Waals surface area contributed by atoms with Crippen molar-refractivity contribution in [3.63, 3.8) is 0 Å². The van der Waals surface area contributed by atoms with Gasteiger partial charge in [0.05, 0.1) is 6.10 Å². The van der Waals surface area contributed by atoms with Gasteiger partial charge in [-0.1, -0.05) is 6.42 Å². The summed E-state index contributed by atoms with van der Waals surface area (Å²) in [5, 5.41) is 7.47. The second-order valence-corrected chi connectivity index (χ2v) is 5.95. The van der Waals surface area contributed by atoms with Crippen LogP contribution in [0.2, 0.25) is 0 Å². The fourth-order valence-electron chi connectivity index (χ4n) is 3.89. The Bertz CT molecular complexity index is 234. The van der Waals surface area contributed by atoms with Crippen molar-refractivity contribution < 1.29 is 4.74 Å². The van der Waals surface area contributed by atoms with Gasteiger partial charge in [-0.25, -0.2) is 0 Å². The molecule has 3 heteroatoms. The van der Waals surface area contributed by atoms with E-state index in [1.54, 1.807) is 0 Å². The molecule has 2 heterocycles. The summed E-state index contributed by atoms with van der Waals surface area (Å²) in [4.78, 5) is 0. The molecule has 0 aromatic rings. The molecule has 2 N–H and O–H groups in total. The van der Waals surface area contributed by atoms with E-state index in [1.165, 1.54) is 51.5 Å². The Morgan fingerprint density at radius 1 is 1.06 bits per heavy atom. The molecule has 98 valence electrons. The summed E-state index contributed by atoms with van der Waals surface area (Å²) in [5.74, 6) is 0.874. The van der Waals surface area contributed by atoms with Gasteiger partial charge in [-0.3, -0.25) is 0 Å². The third-order valence-electron chi connectivity index (χ3n) is 4.82. The molecule has 17 heavy (non-hydrogen) atoms. The van der Waals surface area contributed by atoms with E-state index in [-0.39, 0.29) is 0 Å². The van der Waals surface area contributed by atoms with Crippen LogP contribution in [0.3, 0.4) is 0 Å². The molecule has 0 bridgehead atoms. The summed E-state index contributed by atoms with van der Waals surface area (Å²) in [6.07, 6.45) is 9.97. The van der Waals surface area contributed by atoms with Crippen LogP contribution in [0.25, 0.3) is 0 Å². The summed E-state index contributed by atoms with van der Waals surface area (Å²) in [6.45, 7) is 3.29. The predicted molar refractivity (Wildman–Crippen MR) is 69.1 cm³/mol. The van der Waals surface area contributed by atoms with Gasteiger partial charge in [0, 0.05) is 25.2 Å². The van der Waals surface area contributed by atoms with Gasteiger partial charge in [0.15, 0.2) is 0 Å². The molecule has 0 aromatic heterocycles. The number of hydrogen-bond acceptors (Lipinski definition) is 3. The molecular weight excluding hydrogens is 212 g/mol. The summed E-state index contributed by atoms with van der Waals surface area (Å²) >= 11 is 0. The van der Waals surface area contributed by atoms with Crippen LogP contribution < -0.4 is 10.6 Å². The Morgan fingerprint density at radius 3 is 2.82 bits per heavy atom. The lowest BCUT2D eigenvalue weighted by atomic mass is 9.93. The van der Waals surface area contributed by atoms with Crippen molar-refractivity contribution in [2.75, 3.05) is 19.7 Å². The van der Waals surface area contributed by atoms with Crippen LogP contribution in [0.5, 0.6) is 0 Å². The quantitative estimate of drug-likeness (QED) is 0.782. The number of nitrogens with one attached hydrogen (secondary N) is 2. The minimum atomic E-state index is 0.493. The van der Waals surface area contributed by atoms with Crippen molar-refractivity contribution in [1.82, 2.24) is 10.6 Å². The minimum Gasteiger partial charge on any atom is -0.377 e. The standard InChI is InChI=1S/C14H26N2O/c1-5-12(13-7-2-8-15-13)14(6-1)16-10-11-4-3-9-17-11/h11-16H,1-10H2. The highest BCUT2D eigenvalue weighted by molar-refractivity contribution is 4.93. The van der Waals surface area contributed by atoms with E-state index in [0.717, 1.165) is 31.2 Å². The smallest absolute Gasteiger partial charge is 0.0700 e. The van der Waals surface area contributed by atoms with Crippen molar-refractivity contribution >= 4 is 0 Å². The zero-order valence-electron chi connectivity index (χ0n) is 10.8. The van der Waals surface area contributed by atoms with Crippen LogP contribution in [-0.4, -0.2) is 37.9 Å². The Labute approximate surface area is 105 Å². The first-order chi connectivity index (χ1) is 8.43. The molecule has 4 unspecified atom stereocenters. The number of rotatable bonds is 4. The van der Waals surface area contributed by atoms with Crippen molar-refractivity contribution in [1.29, 1.82) is 0 Å². The first kappa shape index (κ1) is 11.9. The molecule has 0 radical (unpaired) electrons. The molecule has 0 aromatic carbocycles. The van der Waals surface area contributed by atoms with Crippen molar-refractivity contribution in [3.8, 4) is 0 Å². The highest BCUT2D eigenvalue weighted by Gasteiger charge is 2.35. The van der Waals surface area contributed by atoms with Crippen LogP contribution in [0.4, 0.5) is 0 Å². The second kappa shape index (κ2) is 5.68. The Balaban J connectivity index is 1.47. The fraction of sp³-hybridized carbons (Fsp3) is 1.00. The highest BCUT2D eigenvalue weighted by atomic mass is 16.5. The lowest BCUT2D eigenvalue weighted by Gasteiger charge is -2.27. The van der Waals surface area contributed by atoms with Gasteiger partial charge in [-0.2, -0.15) is 0 Å². The van der Waals surface area contributed by atoms with E-state index in [1.807, 2.05) is 0 Å². The molecule has 3 fully saturated rings. The van der Waals surface area contributed by atoms with Crippen LogP contribution in [-0.2, 0) is 4.74 Å². The summed E-state index contributed by atoms with van der Waals surface area (Å²) in [6, 6.07) is 1.54. The van der Waals surface area contributed by atoms with Gasteiger partial charge in [0.25, 0.3) is 0 Å². The SMILES string of the molecule is C1COC(CNC2CCCC2C2CCCN2)C1.